The molecule has 4 rings (SSSR count). The van der Waals surface area contributed by atoms with Crippen LogP contribution in [0.4, 0.5) is 9.59 Å². The van der Waals surface area contributed by atoms with E-state index >= 15 is 0 Å². The molecule has 4 fully saturated rings. The molecule has 0 aromatic carbocycles. The lowest BCUT2D eigenvalue weighted by Gasteiger charge is -2.46. The molecule has 4 heterocycles. The Kier molecular flexibility index (Phi) is 11.6. The molecule has 0 aliphatic carbocycles. The largest absolute Gasteiger partial charge is 0.444 e. The molecule has 1 N–H and O–H groups in total. The number of carbonyl (C=O) groups is 2. The molecule has 4 aliphatic rings. The molecule has 4 aliphatic heterocycles. The second-order valence-corrected chi connectivity index (χ2v) is 14.9. The van der Waals surface area contributed by atoms with Gasteiger partial charge in [0.05, 0.1) is 0 Å². The van der Waals surface area contributed by atoms with Crippen LogP contribution in [0.2, 0.25) is 0 Å². The number of unbranched alkanes of at least 4 members (excludes halogenated alkanes) is 1. The van der Waals surface area contributed by atoms with E-state index in [9.17, 15) is 9.59 Å². The van der Waals surface area contributed by atoms with Crippen LogP contribution in [0.25, 0.3) is 0 Å². The van der Waals surface area contributed by atoms with E-state index in [1.54, 1.807) is 0 Å². The van der Waals surface area contributed by atoms with Crippen molar-refractivity contribution in [2.45, 2.75) is 124 Å². The van der Waals surface area contributed by atoms with Gasteiger partial charge in [0.2, 0.25) is 0 Å². The molecule has 2 amide bonds. The van der Waals surface area contributed by atoms with E-state index in [2.05, 4.69) is 17.1 Å². The van der Waals surface area contributed by atoms with Gasteiger partial charge in [-0.15, -0.1) is 0 Å². The first kappa shape index (κ1) is 33.0. The van der Waals surface area contributed by atoms with Gasteiger partial charge in [-0.2, -0.15) is 0 Å². The Morgan fingerprint density at radius 1 is 0.650 bits per heavy atom. The molecular weight excluding hydrogens is 504 g/mol. The fraction of sp³-hybridized carbons (Fsp3) is 0.938. The van der Waals surface area contributed by atoms with E-state index in [0.717, 1.165) is 65.0 Å². The molecule has 0 unspecified atom stereocenters. The summed E-state index contributed by atoms with van der Waals surface area (Å²) in [5.74, 6) is 0. The van der Waals surface area contributed by atoms with Crippen LogP contribution in [-0.4, -0.2) is 97.0 Å². The van der Waals surface area contributed by atoms with Crippen LogP contribution in [0.1, 0.15) is 113 Å². The first-order chi connectivity index (χ1) is 18.7. The molecule has 0 radical (unpaired) electrons. The minimum Gasteiger partial charge on any atom is -0.444 e. The quantitative estimate of drug-likeness (QED) is 0.435. The first-order valence-corrected chi connectivity index (χ1v) is 16.1. The third-order valence-electron chi connectivity index (χ3n) is 9.36. The number of rotatable bonds is 3. The Bertz CT molecular complexity index is 785. The maximum Gasteiger partial charge on any atom is 0.410 e. The Morgan fingerprint density at radius 3 is 1.40 bits per heavy atom. The highest BCUT2D eigenvalue weighted by atomic mass is 16.6. The van der Waals surface area contributed by atoms with Crippen LogP contribution in [0.3, 0.4) is 0 Å². The molecule has 40 heavy (non-hydrogen) atoms. The van der Waals surface area contributed by atoms with E-state index in [4.69, 9.17) is 9.47 Å². The number of amides is 2. The van der Waals surface area contributed by atoms with Gasteiger partial charge in [-0.25, -0.2) is 9.59 Å². The summed E-state index contributed by atoms with van der Waals surface area (Å²) in [5, 5.41) is 3.42. The summed E-state index contributed by atoms with van der Waals surface area (Å²) in [7, 11) is 0. The number of nitrogens with one attached hydrogen (secondary N) is 1. The van der Waals surface area contributed by atoms with Crippen LogP contribution in [0, 0.1) is 10.8 Å². The van der Waals surface area contributed by atoms with Crippen molar-refractivity contribution >= 4 is 12.2 Å². The van der Waals surface area contributed by atoms with Gasteiger partial charge in [0.25, 0.3) is 0 Å². The standard InChI is InChI=1S/C18H34N2O2.C14H26N2O2/c1-5-6-11-19-12-7-18(8-13-19)9-14-20(15-10-18)16(21)22-17(2,3)4;1-13(2,3)18-12(17)16-10-6-14(7-11-16)4-8-15-9-5-14/h5-15H2,1-4H3;15H,4-11H2,1-3H3. The Labute approximate surface area is 244 Å². The third-order valence-corrected chi connectivity index (χ3v) is 9.36. The molecule has 0 saturated carbocycles. The lowest BCUT2D eigenvalue weighted by Crippen LogP contribution is -2.49. The van der Waals surface area contributed by atoms with Crippen LogP contribution < -0.4 is 5.32 Å². The summed E-state index contributed by atoms with van der Waals surface area (Å²) < 4.78 is 10.9. The zero-order valence-corrected chi connectivity index (χ0v) is 26.9. The van der Waals surface area contributed by atoms with Gasteiger partial charge in [-0.3, -0.25) is 0 Å². The van der Waals surface area contributed by atoms with Gasteiger partial charge in [0.15, 0.2) is 0 Å². The highest BCUT2D eigenvalue weighted by Gasteiger charge is 2.40. The number of hydrogen-bond donors (Lipinski definition) is 1. The van der Waals surface area contributed by atoms with Crippen molar-refractivity contribution in [1.82, 2.24) is 20.0 Å². The summed E-state index contributed by atoms with van der Waals surface area (Å²) in [5.41, 5.74) is 0.197. The number of likely N-dealkylation sites (tertiary alicyclic amines) is 3. The predicted molar refractivity (Wildman–Crippen MR) is 162 cm³/mol. The number of ether oxygens (including phenoxy) is 2. The van der Waals surface area contributed by atoms with Crippen molar-refractivity contribution in [3.05, 3.63) is 0 Å². The first-order valence-electron chi connectivity index (χ1n) is 16.1. The number of hydrogen-bond acceptors (Lipinski definition) is 6. The van der Waals surface area contributed by atoms with E-state index in [-0.39, 0.29) is 17.8 Å². The molecule has 232 valence electrons. The van der Waals surface area contributed by atoms with E-state index in [0.29, 0.717) is 10.8 Å². The second-order valence-electron chi connectivity index (χ2n) is 14.9. The highest BCUT2D eigenvalue weighted by Crippen LogP contribution is 2.42. The summed E-state index contributed by atoms with van der Waals surface area (Å²) >= 11 is 0. The minimum absolute atomic E-state index is 0.136. The van der Waals surface area contributed by atoms with Gasteiger partial charge < -0.3 is 29.5 Å². The van der Waals surface area contributed by atoms with Gasteiger partial charge in [-0.1, -0.05) is 13.3 Å². The van der Waals surface area contributed by atoms with Crippen molar-refractivity contribution in [2.75, 3.05) is 58.9 Å². The number of carbonyl (C=O) groups excluding carboxylic acids is 2. The number of nitrogens with zero attached hydrogens (tertiary/aromatic N) is 3. The topological polar surface area (TPSA) is 74.4 Å². The Morgan fingerprint density at radius 2 is 1.02 bits per heavy atom. The molecule has 8 nitrogen and oxygen atoms in total. The average molecular weight is 565 g/mol. The van der Waals surface area contributed by atoms with Crippen molar-refractivity contribution in [2.24, 2.45) is 10.8 Å². The summed E-state index contributed by atoms with van der Waals surface area (Å²) in [6, 6.07) is 0. The SMILES string of the molecule is CC(C)(C)OC(=O)N1CCC2(CCNCC2)CC1.CCCCN1CCC2(CC1)CCN(C(=O)OC(C)(C)C)CC2. The highest BCUT2D eigenvalue weighted by molar-refractivity contribution is 5.68. The third kappa shape index (κ3) is 10.4. The van der Waals surface area contributed by atoms with Gasteiger partial charge in [0.1, 0.15) is 11.2 Å². The van der Waals surface area contributed by atoms with Crippen LogP contribution in [-0.2, 0) is 9.47 Å². The second kappa shape index (κ2) is 14.1. The molecule has 0 atom stereocenters. The Balaban J connectivity index is 0.000000225. The van der Waals surface area contributed by atoms with Crippen LogP contribution >= 0.6 is 0 Å². The van der Waals surface area contributed by atoms with Crippen LogP contribution in [0.15, 0.2) is 0 Å². The molecule has 0 bridgehead atoms. The summed E-state index contributed by atoms with van der Waals surface area (Å²) in [6.45, 7) is 23.3. The van der Waals surface area contributed by atoms with Gasteiger partial charge in [-0.05, 0) is 143 Å². The maximum absolute atomic E-state index is 12.2. The molecule has 2 spiro atoms. The van der Waals surface area contributed by atoms with Crippen molar-refractivity contribution < 1.29 is 19.1 Å². The van der Waals surface area contributed by atoms with Gasteiger partial charge >= 0.3 is 12.2 Å². The monoisotopic (exact) mass is 564 g/mol. The molecule has 4 saturated heterocycles. The minimum atomic E-state index is -0.392. The molecular formula is C32H60N4O4. The van der Waals surface area contributed by atoms with E-state index < -0.39 is 5.60 Å². The smallest absolute Gasteiger partial charge is 0.410 e. The summed E-state index contributed by atoms with van der Waals surface area (Å²) in [4.78, 5) is 30.5. The van der Waals surface area contributed by atoms with Crippen molar-refractivity contribution in [3.63, 3.8) is 0 Å². The average Bonchev–Trinajstić information content (AvgIpc) is 2.88. The van der Waals surface area contributed by atoms with Gasteiger partial charge in [0, 0.05) is 26.2 Å². The van der Waals surface area contributed by atoms with Crippen molar-refractivity contribution in [1.29, 1.82) is 0 Å². The molecule has 0 aromatic rings. The maximum atomic E-state index is 12.2. The predicted octanol–water partition coefficient (Wildman–Crippen LogP) is 6.29. The zero-order chi connectivity index (χ0) is 29.4. The van der Waals surface area contributed by atoms with Crippen LogP contribution in [0.5, 0.6) is 0 Å². The fourth-order valence-electron chi connectivity index (χ4n) is 6.57. The zero-order valence-electron chi connectivity index (χ0n) is 26.9. The lowest BCUT2D eigenvalue weighted by atomic mass is 9.71. The van der Waals surface area contributed by atoms with E-state index in [1.807, 2.05) is 51.3 Å². The van der Waals surface area contributed by atoms with Crippen molar-refractivity contribution in [3.8, 4) is 0 Å². The molecule has 8 heteroatoms. The normalized spacial score (nSPS) is 23.4. The Hall–Kier alpha value is -1.54. The summed E-state index contributed by atoms with van der Waals surface area (Å²) in [6.07, 6.45) is 12.0. The van der Waals surface area contributed by atoms with E-state index in [1.165, 1.54) is 58.2 Å². The fourth-order valence-corrected chi connectivity index (χ4v) is 6.57. The number of piperidine rings is 4. The lowest BCUT2D eigenvalue weighted by molar-refractivity contribution is -0.00256. The molecule has 0 aromatic heterocycles.